The molecule has 0 aromatic carbocycles. The van der Waals surface area contributed by atoms with Gasteiger partial charge in [0.2, 0.25) is 17.7 Å². The molecule has 196 valence electrons. The highest BCUT2D eigenvalue weighted by atomic mass is 19.4. The predicted octanol–water partition coefficient (Wildman–Crippen LogP) is 2.98. The number of hydrogen-bond donors (Lipinski definition) is 3. The summed E-state index contributed by atoms with van der Waals surface area (Å²) in [6.07, 6.45) is -5.47. The van der Waals surface area contributed by atoms with Gasteiger partial charge in [0.1, 0.15) is 23.5 Å². The van der Waals surface area contributed by atoms with Crippen LogP contribution in [0.4, 0.5) is 22.0 Å². The Labute approximate surface area is 203 Å². The number of carbonyl (C=O) groups excluding carboxylic acids is 3. The number of hydrogen-bond acceptors (Lipinski definition) is 4. The molecule has 3 heterocycles. The van der Waals surface area contributed by atoms with Gasteiger partial charge in [0.25, 0.3) is 5.91 Å². The van der Waals surface area contributed by atoms with Crippen molar-refractivity contribution in [3.63, 3.8) is 0 Å². The van der Waals surface area contributed by atoms with Crippen molar-refractivity contribution in [3.8, 4) is 6.07 Å². The first-order valence-electron chi connectivity index (χ1n) is 11.5. The Hall–Kier alpha value is -3.17. The molecule has 1 spiro atoms. The zero-order valence-corrected chi connectivity index (χ0v) is 19.6. The van der Waals surface area contributed by atoms with E-state index in [1.807, 2.05) is 24.9 Å². The summed E-state index contributed by atoms with van der Waals surface area (Å²) in [7, 11) is 0. The Kier molecular flexibility index (Phi) is 6.08. The first-order valence-corrected chi connectivity index (χ1v) is 11.5. The van der Waals surface area contributed by atoms with Crippen LogP contribution in [0, 0.1) is 22.7 Å². The van der Waals surface area contributed by atoms with Crippen molar-refractivity contribution in [2.24, 2.45) is 11.3 Å². The molecule has 2 saturated heterocycles. The van der Waals surface area contributed by atoms with Crippen LogP contribution in [0.3, 0.4) is 0 Å². The van der Waals surface area contributed by atoms with Gasteiger partial charge in [-0.25, -0.2) is 8.78 Å². The number of nitrogens with one attached hydrogen (secondary N) is 3. The van der Waals surface area contributed by atoms with Gasteiger partial charge in [-0.3, -0.25) is 14.4 Å². The van der Waals surface area contributed by atoms with Gasteiger partial charge in [-0.05, 0) is 45.2 Å². The van der Waals surface area contributed by atoms with Gasteiger partial charge in [0.05, 0.1) is 6.07 Å². The van der Waals surface area contributed by atoms with E-state index in [1.54, 1.807) is 0 Å². The van der Waals surface area contributed by atoms with Crippen molar-refractivity contribution < 1.29 is 36.3 Å². The number of rotatable bonds is 5. The molecule has 0 radical (unpaired) electrons. The minimum Gasteiger partial charge on any atom is -0.351 e. The Balaban J connectivity index is 1.51. The summed E-state index contributed by atoms with van der Waals surface area (Å²) in [6.45, 7) is 3.42. The van der Waals surface area contributed by atoms with Crippen LogP contribution in [0.5, 0.6) is 0 Å². The largest absolute Gasteiger partial charge is 0.431 e. The molecule has 3 aliphatic rings. The average molecular weight is 515 g/mol. The van der Waals surface area contributed by atoms with E-state index >= 15 is 0 Å². The second kappa shape index (κ2) is 8.45. The fourth-order valence-corrected chi connectivity index (χ4v) is 5.73. The molecule has 3 unspecified atom stereocenters. The normalized spacial score (nSPS) is 26.7. The van der Waals surface area contributed by atoms with Crippen LogP contribution in [-0.4, -0.2) is 57.7 Å². The molecule has 8 nitrogen and oxygen atoms in total. The van der Waals surface area contributed by atoms with Crippen LogP contribution in [0.15, 0.2) is 12.1 Å². The number of halogens is 5. The zero-order chi connectivity index (χ0) is 26.7. The maximum absolute atomic E-state index is 13.7. The van der Waals surface area contributed by atoms with Crippen LogP contribution in [-0.2, 0) is 15.8 Å². The van der Waals surface area contributed by atoms with Crippen molar-refractivity contribution >= 4 is 17.7 Å². The molecule has 0 bridgehead atoms. The van der Waals surface area contributed by atoms with Gasteiger partial charge in [-0.15, -0.1) is 0 Å². The van der Waals surface area contributed by atoms with Gasteiger partial charge < -0.3 is 20.5 Å². The Morgan fingerprint density at radius 3 is 2.42 bits per heavy atom. The number of alkyl halides is 5. The molecule has 4 rings (SSSR count). The first kappa shape index (κ1) is 25.9. The van der Waals surface area contributed by atoms with E-state index in [4.69, 9.17) is 0 Å². The molecule has 1 aromatic heterocycles. The maximum Gasteiger partial charge on any atom is 0.431 e. The van der Waals surface area contributed by atoms with E-state index in [-0.39, 0.29) is 25.3 Å². The SMILES string of the molecule is CC1(C)CC(CC(C#N)NC(=O)C2CC3(CN2C(=O)c2ccc(C(F)(F)F)[nH]2)CC(F)(F)C3)C(=O)N1. The van der Waals surface area contributed by atoms with Crippen molar-refractivity contribution in [2.75, 3.05) is 6.54 Å². The number of aromatic nitrogens is 1. The lowest BCUT2D eigenvalue weighted by molar-refractivity contribution is -0.155. The molecule has 3 amide bonds. The van der Waals surface area contributed by atoms with Crippen LogP contribution in [0.1, 0.15) is 62.1 Å². The Morgan fingerprint density at radius 2 is 1.92 bits per heavy atom. The lowest BCUT2D eigenvalue weighted by Crippen LogP contribution is -2.49. The van der Waals surface area contributed by atoms with E-state index in [1.165, 1.54) is 0 Å². The van der Waals surface area contributed by atoms with Gasteiger partial charge in [0.15, 0.2) is 0 Å². The second-order valence-corrected chi connectivity index (χ2v) is 10.8. The fourth-order valence-electron chi connectivity index (χ4n) is 5.73. The van der Waals surface area contributed by atoms with Gasteiger partial charge >= 0.3 is 6.18 Å². The molecule has 3 atom stereocenters. The highest BCUT2D eigenvalue weighted by Gasteiger charge is 2.62. The highest BCUT2D eigenvalue weighted by Crippen LogP contribution is 2.58. The number of amides is 3. The minimum absolute atomic E-state index is 0.0208. The molecular weight excluding hydrogens is 489 g/mol. The summed E-state index contributed by atoms with van der Waals surface area (Å²) >= 11 is 0. The summed E-state index contributed by atoms with van der Waals surface area (Å²) < 4.78 is 66.4. The lowest BCUT2D eigenvalue weighted by atomic mass is 9.65. The van der Waals surface area contributed by atoms with Crippen LogP contribution >= 0.6 is 0 Å². The van der Waals surface area contributed by atoms with Gasteiger partial charge in [0, 0.05) is 36.3 Å². The highest BCUT2D eigenvalue weighted by molar-refractivity contribution is 5.97. The summed E-state index contributed by atoms with van der Waals surface area (Å²) in [6, 6.07) is 1.20. The number of likely N-dealkylation sites (tertiary alicyclic amines) is 1. The maximum atomic E-state index is 13.7. The molecule has 1 saturated carbocycles. The quantitative estimate of drug-likeness (QED) is 0.523. The van der Waals surface area contributed by atoms with E-state index in [9.17, 15) is 41.6 Å². The summed E-state index contributed by atoms with van der Waals surface area (Å²) in [5.41, 5.74) is -3.09. The van der Waals surface area contributed by atoms with Gasteiger partial charge in [-0.1, -0.05) is 0 Å². The number of carbonyl (C=O) groups is 3. The molecule has 13 heteroatoms. The number of aromatic amines is 1. The predicted molar refractivity (Wildman–Crippen MR) is 114 cm³/mol. The van der Waals surface area contributed by atoms with Crippen molar-refractivity contribution in [2.45, 2.75) is 75.7 Å². The fraction of sp³-hybridized carbons (Fsp3) is 0.652. The third-order valence-electron chi connectivity index (χ3n) is 7.14. The second-order valence-electron chi connectivity index (χ2n) is 10.8. The zero-order valence-electron chi connectivity index (χ0n) is 19.6. The Bertz CT molecular complexity index is 1110. The van der Waals surface area contributed by atoms with E-state index < -0.39 is 77.1 Å². The summed E-state index contributed by atoms with van der Waals surface area (Å²) in [5.74, 6) is -5.43. The molecule has 1 aromatic rings. The molecule has 36 heavy (non-hydrogen) atoms. The van der Waals surface area contributed by atoms with E-state index in [0.29, 0.717) is 12.5 Å². The van der Waals surface area contributed by atoms with Crippen LogP contribution in [0.25, 0.3) is 0 Å². The lowest BCUT2D eigenvalue weighted by Gasteiger charge is -2.44. The third kappa shape index (κ3) is 5.03. The molecule has 3 fully saturated rings. The molecule has 3 N–H and O–H groups in total. The van der Waals surface area contributed by atoms with Crippen molar-refractivity contribution in [3.05, 3.63) is 23.5 Å². The number of nitrogens with zero attached hydrogens (tertiary/aromatic N) is 2. The smallest absolute Gasteiger partial charge is 0.351 e. The molecule has 2 aliphatic heterocycles. The van der Waals surface area contributed by atoms with Gasteiger partial charge in [-0.2, -0.15) is 18.4 Å². The monoisotopic (exact) mass is 515 g/mol. The first-order chi connectivity index (χ1) is 16.5. The van der Waals surface area contributed by atoms with Crippen LogP contribution < -0.4 is 10.6 Å². The molecular formula is C23H26F5N5O3. The Morgan fingerprint density at radius 1 is 1.25 bits per heavy atom. The summed E-state index contributed by atoms with van der Waals surface area (Å²) in [4.78, 5) is 41.4. The average Bonchev–Trinajstić information content (AvgIpc) is 3.42. The topological polar surface area (TPSA) is 118 Å². The van der Waals surface area contributed by atoms with Crippen molar-refractivity contribution in [1.29, 1.82) is 5.26 Å². The minimum atomic E-state index is -4.72. The summed E-state index contributed by atoms with van der Waals surface area (Å²) in [5, 5.41) is 14.9. The van der Waals surface area contributed by atoms with Crippen molar-refractivity contribution in [1.82, 2.24) is 20.5 Å². The van der Waals surface area contributed by atoms with E-state index in [0.717, 1.165) is 11.0 Å². The number of nitriles is 1. The number of H-pyrrole nitrogens is 1. The standard InChI is InChI=1S/C23H26F5N5O3/c1-20(2)6-12(17(34)32-20)5-13(8-29)30-18(35)15-7-21(9-22(24,25)10-21)11-33(15)19(36)14-3-4-16(31-14)23(26,27)28/h3-4,12-13,15,31H,5-7,9-11H2,1-2H3,(H,30,35)(H,32,34). The van der Waals surface area contributed by atoms with E-state index in [2.05, 4.69) is 10.6 Å². The molecule has 1 aliphatic carbocycles. The van der Waals surface area contributed by atoms with Crippen LogP contribution in [0.2, 0.25) is 0 Å². The third-order valence-corrected chi connectivity index (χ3v) is 7.14.